The molecule has 23 heavy (non-hydrogen) atoms. The maximum atomic E-state index is 13.8. The Bertz CT molecular complexity index is 646. The summed E-state index contributed by atoms with van der Waals surface area (Å²) in [5.74, 6) is -0.776. The minimum atomic E-state index is -3.97. The molecule has 1 aromatic carbocycles. The molecule has 1 saturated carbocycles. The van der Waals surface area contributed by atoms with E-state index in [0.717, 1.165) is 44.8 Å². The summed E-state index contributed by atoms with van der Waals surface area (Å²) in [7, 11) is -3.97. The molecule has 0 spiro atoms. The van der Waals surface area contributed by atoms with Crippen LogP contribution >= 0.6 is 0 Å². The minimum Gasteiger partial charge on any atom is -0.390 e. The lowest BCUT2D eigenvalue weighted by Crippen LogP contribution is -2.56. The van der Waals surface area contributed by atoms with Crippen molar-refractivity contribution in [1.29, 1.82) is 0 Å². The Hall–Kier alpha value is -1.02. The molecule has 0 radical (unpaired) electrons. The van der Waals surface area contributed by atoms with Gasteiger partial charge >= 0.3 is 0 Å². The number of rotatable bonds is 4. The van der Waals surface area contributed by atoms with Gasteiger partial charge in [0.05, 0.1) is 6.10 Å². The van der Waals surface area contributed by atoms with Crippen molar-refractivity contribution >= 4 is 10.0 Å². The number of likely N-dealkylation sites (tertiary alicyclic amines) is 1. The van der Waals surface area contributed by atoms with Gasteiger partial charge in [-0.15, -0.1) is 0 Å². The van der Waals surface area contributed by atoms with Gasteiger partial charge in [0.2, 0.25) is 10.0 Å². The third-order valence-corrected chi connectivity index (χ3v) is 6.39. The number of aliphatic hydroxyl groups excluding tert-OH is 1. The highest BCUT2D eigenvalue weighted by Crippen LogP contribution is 2.27. The van der Waals surface area contributed by atoms with Crippen LogP contribution in [0.4, 0.5) is 4.39 Å². The van der Waals surface area contributed by atoms with Crippen LogP contribution in [0.15, 0.2) is 29.2 Å². The number of nitrogens with zero attached hydrogens (tertiary/aromatic N) is 1. The van der Waals surface area contributed by atoms with E-state index in [2.05, 4.69) is 9.62 Å². The number of sulfonamides is 1. The van der Waals surface area contributed by atoms with E-state index in [-0.39, 0.29) is 10.9 Å². The number of aliphatic hydroxyl groups is 1. The first-order valence-electron chi connectivity index (χ1n) is 8.18. The molecular formula is C16H23FN2O3S. The molecule has 128 valence electrons. The van der Waals surface area contributed by atoms with Crippen molar-refractivity contribution in [3.05, 3.63) is 30.1 Å². The fourth-order valence-electron chi connectivity index (χ4n) is 3.68. The van der Waals surface area contributed by atoms with Crippen molar-refractivity contribution < 1.29 is 17.9 Å². The van der Waals surface area contributed by atoms with Crippen LogP contribution in [0.2, 0.25) is 0 Å². The number of halogens is 1. The molecule has 2 N–H and O–H groups in total. The highest BCUT2D eigenvalue weighted by atomic mass is 32.2. The maximum Gasteiger partial charge on any atom is 0.243 e. The normalized spacial score (nSPS) is 29.7. The molecule has 0 unspecified atom stereocenters. The highest BCUT2D eigenvalue weighted by molar-refractivity contribution is 7.89. The predicted molar refractivity (Wildman–Crippen MR) is 85.0 cm³/mol. The molecular weight excluding hydrogens is 319 g/mol. The van der Waals surface area contributed by atoms with Crippen molar-refractivity contribution in [2.24, 2.45) is 0 Å². The van der Waals surface area contributed by atoms with E-state index in [1.807, 2.05) is 0 Å². The Kier molecular flexibility index (Phi) is 5.01. The quantitative estimate of drug-likeness (QED) is 0.870. The van der Waals surface area contributed by atoms with Gasteiger partial charge in [0, 0.05) is 12.1 Å². The predicted octanol–water partition coefficient (Wildman–Crippen LogP) is 1.48. The van der Waals surface area contributed by atoms with Crippen LogP contribution in [0.25, 0.3) is 0 Å². The summed E-state index contributed by atoms with van der Waals surface area (Å²) >= 11 is 0. The van der Waals surface area contributed by atoms with Gasteiger partial charge in [-0.1, -0.05) is 18.6 Å². The van der Waals surface area contributed by atoms with Gasteiger partial charge in [0.1, 0.15) is 10.7 Å². The number of hydrogen-bond acceptors (Lipinski definition) is 4. The summed E-state index contributed by atoms with van der Waals surface area (Å²) in [6, 6.07) is 4.72. The monoisotopic (exact) mass is 342 g/mol. The second-order valence-electron chi connectivity index (χ2n) is 6.39. The molecule has 2 aliphatic rings. The molecule has 0 amide bonds. The summed E-state index contributed by atoms with van der Waals surface area (Å²) in [6.07, 6.45) is 3.77. The van der Waals surface area contributed by atoms with E-state index >= 15 is 0 Å². The van der Waals surface area contributed by atoms with Crippen LogP contribution in [-0.2, 0) is 10.0 Å². The molecule has 2 fully saturated rings. The zero-order chi connectivity index (χ0) is 16.4. The molecule has 1 aromatic rings. The molecule has 5 nitrogen and oxygen atoms in total. The first-order chi connectivity index (χ1) is 11.0. The Morgan fingerprint density at radius 1 is 1.13 bits per heavy atom. The summed E-state index contributed by atoms with van der Waals surface area (Å²) in [5.41, 5.74) is 0. The fourth-order valence-corrected chi connectivity index (χ4v) is 5.05. The third kappa shape index (κ3) is 3.57. The molecule has 1 aliphatic heterocycles. The molecule has 3 atom stereocenters. The van der Waals surface area contributed by atoms with Crippen molar-refractivity contribution in [2.75, 3.05) is 13.1 Å². The molecule has 1 aliphatic carbocycles. The van der Waals surface area contributed by atoms with E-state index in [4.69, 9.17) is 0 Å². The van der Waals surface area contributed by atoms with Crippen molar-refractivity contribution in [2.45, 2.75) is 55.2 Å². The lowest BCUT2D eigenvalue weighted by atomic mass is 9.88. The number of benzene rings is 1. The van der Waals surface area contributed by atoms with Crippen LogP contribution < -0.4 is 4.72 Å². The maximum absolute atomic E-state index is 13.8. The summed E-state index contributed by atoms with van der Waals surface area (Å²) < 4.78 is 41.1. The van der Waals surface area contributed by atoms with Gasteiger partial charge in [0.25, 0.3) is 0 Å². The van der Waals surface area contributed by atoms with E-state index in [1.54, 1.807) is 0 Å². The van der Waals surface area contributed by atoms with Crippen molar-refractivity contribution in [3.8, 4) is 0 Å². The Labute approximate surface area is 136 Å². The van der Waals surface area contributed by atoms with E-state index < -0.39 is 28.0 Å². The molecule has 1 saturated heterocycles. The lowest BCUT2D eigenvalue weighted by molar-refractivity contribution is 0.0127. The standard InChI is InChI=1S/C16H23FN2O3S/c17-12-6-1-2-9-15(12)23(21,22)18-13-7-5-8-14(16(13)20)19-10-3-4-11-19/h1-2,6,9,13-14,16,18,20H,3-5,7-8,10-11H2/t13-,14-,16-/m1/s1. The average Bonchev–Trinajstić information content (AvgIpc) is 3.03. The number of hydrogen-bond donors (Lipinski definition) is 2. The van der Waals surface area contributed by atoms with Gasteiger partial charge in [-0.05, 0) is 50.9 Å². The molecule has 0 aromatic heterocycles. The van der Waals surface area contributed by atoms with Gasteiger partial charge in [-0.2, -0.15) is 0 Å². The van der Waals surface area contributed by atoms with Crippen LogP contribution in [0.5, 0.6) is 0 Å². The minimum absolute atomic E-state index is 0.0143. The van der Waals surface area contributed by atoms with Gasteiger partial charge in [-0.3, -0.25) is 4.90 Å². The average molecular weight is 342 g/mol. The lowest BCUT2D eigenvalue weighted by Gasteiger charge is -2.39. The van der Waals surface area contributed by atoms with E-state index in [0.29, 0.717) is 6.42 Å². The van der Waals surface area contributed by atoms with Gasteiger partial charge < -0.3 is 5.11 Å². The first kappa shape index (κ1) is 16.8. The smallest absolute Gasteiger partial charge is 0.243 e. The van der Waals surface area contributed by atoms with Crippen LogP contribution in [-0.4, -0.2) is 49.7 Å². The molecule has 7 heteroatoms. The van der Waals surface area contributed by atoms with E-state index in [1.165, 1.54) is 18.2 Å². The Balaban J connectivity index is 1.75. The van der Waals surface area contributed by atoms with Gasteiger partial charge in [0.15, 0.2) is 0 Å². The first-order valence-corrected chi connectivity index (χ1v) is 9.66. The SMILES string of the molecule is O=S(=O)(N[C@@H]1CCC[C@@H](N2CCCC2)[C@@H]1O)c1ccccc1F. The number of nitrogens with one attached hydrogen (secondary N) is 1. The zero-order valence-electron chi connectivity index (χ0n) is 13.0. The third-order valence-electron chi connectivity index (χ3n) is 4.86. The summed E-state index contributed by atoms with van der Waals surface area (Å²) in [4.78, 5) is 1.88. The Morgan fingerprint density at radius 2 is 1.83 bits per heavy atom. The second kappa shape index (κ2) is 6.84. The fraction of sp³-hybridized carbons (Fsp3) is 0.625. The topological polar surface area (TPSA) is 69.6 Å². The van der Waals surface area contributed by atoms with Crippen LogP contribution in [0.1, 0.15) is 32.1 Å². The van der Waals surface area contributed by atoms with E-state index in [9.17, 15) is 17.9 Å². The molecule has 3 rings (SSSR count). The zero-order valence-corrected chi connectivity index (χ0v) is 13.8. The largest absolute Gasteiger partial charge is 0.390 e. The highest BCUT2D eigenvalue weighted by Gasteiger charge is 2.38. The van der Waals surface area contributed by atoms with Crippen LogP contribution in [0, 0.1) is 5.82 Å². The summed E-state index contributed by atoms with van der Waals surface area (Å²) in [6.45, 7) is 1.91. The Morgan fingerprint density at radius 3 is 2.52 bits per heavy atom. The van der Waals surface area contributed by atoms with Crippen LogP contribution in [0.3, 0.4) is 0 Å². The summed E-state index contributed by atoms with van der Waals surface area (Å²) in [5, 5.41) is 10.6. The molecule has 1 heterocycles. The van der Waals surface area contributed by atoms with Crippen molar-refractivity contribution in [3.63, 3.8) is 0 Å². The van der Waals surface area contributed by atoms with Crippen molar-refractivity contribution in [1.82, 2.24) is 9.62 Å². The molecule has 0 bridgehead atoms. The van der Waals surface area contributed by atoms with Gasteiger partial charge in [-0.25, -0.2) is 17.5 Å². The second-order valence-corrected chi connectivity index (χ2v) is 8.07.